The molecular weight excluding hydrogens is 226 g/mol. The van der Waals surface area contributed by atoms with Crippen LogP contribution in [-0.4, -0.2) is 34.3 Å². The molecule has 1 aliphatic heterocycles. The van der Waals surface area contributed by atoms with Crippen molar-refractivity contribution in [3.8, 4) is 0 Å². The average molecular weight is 239 g/mol. The predicted molar refractivity (Wildman–Crippen MR) is 59.8 cm³/mol. The van der Waals surface area contributed by atoms with Gasteiger partial charge in [-0.2, -0.15) is 0 Å². The molecule has 5 nitrogen and oxygen atoms in total. The van der Waals surface area contributed by atoms with Crippen LogP contribution < -0.4 is 5.32 Å². The maximum Gasteiger partial charge on any atom is 0.242 e. The second kappa shape index (κ2) is 4.61. The minimum Gasteiger partial charge on any atom is -0.347 e. The quantitative estimate of drug-likeness (QED) is 0.811. The Labute approximate surface area is 97.5 Å². The molecule has 1 aromatic rings. The van der Waals surface area contributed by atoms with E-state index in [9.17, 15) is 9.59 Å². The van der Waals surface area contributed by atoms with E-state index < -0.39 is 0 Å². The number of carbonyl (C=O) groups is 2. The highest BCUT2D eigenvalue weighted by atomic mass is 32.1. The summed E-state index contributed by atoms with van der Waals surface area (Å²) < 4.78 is 0. The molecule has 16 heavy (non-hydrogen) atoms. The maximum atomic E-state index is 11.8. The van der Waals surface area contributed by atoms with Crippen molar-refractivity contribution in [3.05, 3.63) is 16.6 Å². The third kappa shape index (κ3) is 2.38. The lowest BCUT2D eigenvalue weighted by atomic mass is 10.2. The minimum atomic E-state index is -0.0705. The molecule has 0 aliphatic carbocycles. The fraction of sp³-hybridized carbons (Fsp3) is 0.500. The van der Waals surface area contributed by atoms with Gasteiger partial charge in [-0.1, -0.05) is 0 Å². The summed E-state index contributed by atoms with van der Waals surface area (Å²) in [6, 6.07) is -0.0705. The molecular formula is C10H13N3O2S. The van der Waals surface area contributed by atoms with E-state index in [0.717, 1.165) is 5.01 Å². The highest BCUT2D eigenvalue weighted by Crippen LogP contribution is 2.14. The van der Waals surface area contributed by atoms with Gasteiger partial charge in [-0.05, 0) is 6.92 Å². The molecule has 2 amide bonds. The van der Waals surface area contributed by atoms with Crippen molar-refractivity contribution < 1.29 is 9.59 Å². The molecule has 0 aromatic carbocycles. The largest absolute Gasteiger partial charge is 0.347 e. The van der Waals surface area contributed by atoms with Gasteiger partial charge in [0.1, 0.15) is 5.01 Å². The van der Waals surface area contributed by atoms with Gasteiger partial charge in [-0.3, -0.25) is 9.59 Å². The summed E-state index contributed by atoms with van der Waals surface area (Å²) in [5.74, 6) is -0.115. The second-order valence-electron chi connectivity index (χ2n) is 3.78. The zero-order valence-electron chi connectivity index (χ0n) is 8.97. The summed E-state index contributed by atoms with van der Waals surface area (Å²) in [5.41, 5.74) is 0. The van der Waals surface area contributed by atoms with Gasteiger partial charge >= 0.3 is 0 Å². The second-order valence-corrected chi connectivity index (χ2v) is 4.76. The van der Waals surface area contributed by atoms with Gasteiger partial charge in [0.05, 0.1) is 13.1 Å². The summed E-state index contributed by atoms with van der Waals surface area (Å²) in [6.07, 6.45) is 2.08. The molecule has 1 N–H and O–H groups in total. The first-order valence-electron chi connectivity index (χ1n) is 5.11. The summed E-state index contributed by atoms with van der Waals surface area (Å²) in [7, 11) is 0. The third-order valence-corrected chi connectivity index (χ3v) is 3.32. The van der Waals surface area contributed by atoms with Crippen LogP contribution in [0.2, 0.25) is 0 Å². The molecule has 1 aromatic heterocycles. The molecule has 2 rings (SSSR count). The van der Waals surface area contributed by atoms with E-state index in [4.69, 9.17) is 0 Å². The molecule has 1 atom stereocenters. The van der Waals surface area contributed by atoms with Crippen LogP contribution in [0.3, 0.4) is 0 Å². The number of aromatic nitrogens is 1. The number of nitrogens with one attached hydrogen (secondary N) is 1. The lowest BCUT2D eigenvalue weighted by Crippen LogP contribution is -2.39. The molecule has 0 bridgehead atoms. The van der Waals surface area contributed by atoms with Crippen LogP contribution >= 0.6 is 11.3 Å². The zero-order chi connectivity index (χ0) is 11.5. The monoisotopic (exact) mass is 239 g/mol. The molecule has 1 fully saturated rings. The van der Waals surface area contributed by atoms with Crippen LogP contribution in [0.1, 0.15) is 18.4 Å². The van der Waals surface area contributed by atoms with Crippen LogP contribution in [0.25, 0.3) is 0 Å². The SMILES string of the molecule is CC1CC(=O)NCC(=O)N1Cc1nccs1. The summed E-state index contributed by atoms with van der Waals surface area (Å²) in [6.45, 7) is 2.47. The molecule has 0 spiro atoms. The molecule has 0 saturated carbocycles. The van der Waals surface area contributed by atoms with E-state index in [0.29, 0.717) is 13.0 Å². The highest BCUT2D eigenvalue weighted by Gasteiger charge is 2.26. The number of nitrogens with zero attached hydrogens (tertiary/aromatic N) is 2. The van der Waals surface area contributed by atoms with Crippen molar-refractivity contribution in [2.75, 3.05) is 6.54 Å². The molecule has 1 unspecified atom stereocenters. The van der Waals surface area contributed by atoms with Crippen molar-refractivity contribution in [2.24, 2.45) is 0 Å². The number of rotatable bonds is 2. The Hall–Kier alpha value is -1.43. The van der Waals surface area contributed by atoms with E-state index in [2.05, 4.69) is 10.3 Å². The first kappa shape index (κ1) is 11.1. The lowest BCUT2D eigenvalue weighted by molar-refractivity contribution is -0.132. The summed E-state index contributed by atoms with van der Waals surface area (Å²) in [4.78, 5) is 28.9. The first-order valence-corrected chi connectivity index (χ1v) is 5.99. The van der Waals surface area contributed by atoms with Gasteiger partial charge in [0.2, 0.25) is 11.8 Å². The summed E-state index contributed by atoms with van der Waals surface area (Å²) in [5, 5.41) is 5.37. The van der Waals surface area contributed by atoms with E-state index in [1.807, 2.05) is 12.3 Å². The average Bonchev–Trinajstić information content (AvgIpc) is 2.71. The van der Waals surface area contributed by atoms with Crippen molar-refractivity contribution in [2.45, 2.75) is 25.9 Å². The van der Waals surface area contributed by atoms with Gasteiger partial charge in [0.25, 0.3) is 0 Å². The Kier molecular flexibility index (Phi) is 3.19. The topological polar surface area (TPSA) is 62.3 Å². The Morgan fingerprint density at radius 3 is 3.12 bits per heavy atom. The van der Waals surface area contributed by atoms with E-state index in [1.165, 1.54) is 11.3 Å². The number of hydrogen-bond donors (Lipinski definition) is 1. The smallest absolute Gasteiger partial charge is 0.242 e. The highest BCUT2D eigenvalue weighted by molar-refractivity contribution is 7.09. The Bertz CT molecular complexity index is 391. The van der Waals surface area contributed by atoms with Crippen molar-refractivity contribution in [1.82, 2.24) is 15.2 Å². The van der Waals surface area contributed by atoms with Crippen LogP contribution in [0.15, 0.2) is 11.6 Å². The number of carbonyl (C=O) groups excluding carboxylic acids is 2. The van der Waals surface area contributed by atoms with Crippen molar-refractivity contribution in [1.29, 1.82) is 0 Å². The van der Waals surface area contributed by atoms with Crippen LogP contribution in [-0.2, 0) is 16.1 Å². The Morgan fingerprint density at radius 2 is 2.44 bits per heavy atom. The molecule has 1 aliphatic rings. The van der Waals surface area contributed by atoms with Gasteiger partial charge in [-0.25, -0.2) is 4.98 Å². The predicted octanol–water partition coefficient (Wildman–Crippen LogP) is 0.380. The van der Waals surface area contributed by atoms with Gasteiger partial charge in [0.15, 0.2) is 0 Å². The molecule has 6 heteroatoms. The third-order valence-electron chi connectivity index (χ3n) is 2.56. The molecule has 86 valence electrons. The van der Waals surface area contributed by atoms with Crippen LogP contribution in [0.4, 0.5) is 0 Å². The number of amides is 2. The Balaban J connectivity index is 2.11. The fourth-order valence-corrected chi connectivity index (χ4v) is 2.31. The minimum absolute atomic E-state index is 0.0476. The molecule has 0 radical (unpaired) electrons. The molecule has 1 saturated heterocycles. The standard InChI is InChI=1S/C10H13N3O2S/c1-7-4-8(14)12-5-10(15)13(7)6-9-11-2-3-16-9/h2-3,7H,4-6H2,1H3,(H,12,14). The number of hydrogen-bond acceptors (Lipinski definition) is 4. The zero-order valence-corrected chi connectivity index (χ0v) is 9.79. The van der Waals surface area contributed by atoms with Crippen molar-refractivity contribution >= 4 is 23.2 Å². The van der Waals surface area contributed by atoms with E-state index >= 15 is 0 Å². The van der Waals surface area contributed by atoms with Crippen molar-refractivity contribution in [3.63, 3.8) is 0 Å². The molecule has 2 heterocycles. The van der Waals surface area contributed by atoms with E-state index in [1.54, 1.807) is 11.1 Å². The lowest BCUT2D eigenvalue weighted by Gasteiger charge is -2.25. The number of thiazole rings is 1. The van der Waals surface area contributed by atoms with E-state index in [-0.39, 0.29) is 24.4 Å². The van der Waals surface area contributed by atoms with Gasteiger partial charge < -0.3 is 10.2 Å². The summed E-state index contributed by atoms with van der Waals surface area (Å²) >= 11 is 1.52. The first-order chi connectivity index (χ1) is 7.66. The normalized spacial score (nSPS) is 21.8. The fourth-order valence-electron chi connectivity index (χ4n) is 1.69. The van der Waals surface area contributed by atoms with Crippen LogP contribution in [0.5, 0.6) is 0 Å². The Morgan fingerprint density at radius 1 is 1.62 bits per heavy atom. The van der Waals surface area contributed by atoms with Gasteiger partial charge in [0, 0.05) is 24.0 Å². The van der Waals surface area contributed by atoms with Gasteiger partial charge in [-0.15, -0.1) is 11.3 Å². The maximum absolute atomic E-state index is 11.8. The van der Waals surface area contributed by atoms with Crippen LogP contribution in [0, 0.1) is 0 Å².